The van der Waals surface area contributed by atoms with Crippen molar-refractivity contribution in [2.75, 3.05) is 16.9 Å². The first-order chi connectivity index (χ1) is 13.1. The zero-order chi connectivity index (χ0) is 19.0. The summed E-state index contributed by atoms with van der Waals surface area (Å²) in [5, 5.41) is 5.72. The van der Waals surface area contributed by atoms with Gasteiger partial charge in [-0.3, -0.25) is 4.79 Å². The van der Waals surface area contributed by atoms with E-state index in [-0.39, 0.29) is 11.5 Å². The lowest BCUT2D eigenvalue weighted by atomic mass is 10.1. The number of fused-ring (bicyclic) bond motifs is 1. The van der Waals surface area contributed by atoms with Gasteiger partial charge < -0.3 is 15.6 Å². The molecule has 1 aliphatic carbocycles. The van der Waals surface area contributed by atoms with Crippen LogP contribution in [-0.2, 0) is 4.79 Å². The van der Waals surface area contributed by atoms with Crippen molar-refractivity contribution in [2.24, 2.45) is 0 Å². The normalized spacial score (nSPS) is 13.9. The van der Waals surface area contributed by atoms with Gasteiger partial charge in [-0.2, -0.15) is 0 Å². The Labute approximate surface area is 158 Å². The molecule has 0 aliphatic heterocycles. The zero-order valence-electron chi connectivity index (χ0n) is 14.4. The van der Waals surface area contributed by atoms with Crippen molar-refractivity contribution in [2.45, 2.75) is 30.1 Å². The van der Waals surface area contributed by atoms with Gasteiger partial charge in [0.2, 0.25) is 6.41 Å². The molecule has 9 heteroatoms. The van der Waals surface area contributed by atoms with E-state index in [4.69, 9.17) is 0 Å². The van der Waals surface area contributed by atoms with Crippen LogP contribution in [0.4, 0.5) is 26.0 Å². The number of nitrogens with one attached hydrogen (secondary N) is 3. The van der Waals surface area contributed by atoms with E-state index in [0.29, 0.717) is 23.5 Å². The molecule has 4 rings (SSSR count). The fourth-order valence-electron chi connectivity index (χ4n) is 2.97. The summed E-state index contributed by atoms with van der Waals surface area (Å²) in [5.74, 6) is 0.410. The third-order valence-electron chi connectivity index (χ3n) is 4.44. The van der Waals surface area contributed by atoms with Crippen LogP contribution in [0.2, 0.25) is 0 Å². The summed E-state index contributed by atoms with van der Waals surface area (Å²) in [6.07, 6.45) is 2.17. The number of rotatable bonds is 7. The number of amides is 1. The lowest BCUT2D eigenvalue weighted by Crippen LogP contribution is -2.00. The number of carbonyl (C=O) groups excluding carboxylic acids is 1. The number of hydrogen-bond donors (Lipinski definition) is 3. The fraction of sp³-hybridized carbons (Fsp3) is 0.278. The predicted octanol–water partition coefficient (Wildman–Crippen LogP) is 4.81. The van der Waals surface area contributed by atoms with Gasteiger partial charge >= 0.3 is 0 Å². The molecule has 0 radical (unpaired) electrons. The van der Waals surface area contributed by atoms with Gasteiger partial charge in [-0.15, -0.1) is 11.8 Å². The van der Waals surface area contributed by atoms with Crippen molar-refractivity contribution in [3.8, 4) is 0 Å². The number of nitrogens with zero attached hydrogens (tertiary/aromatic N) is 2. The number of aromatic amines is 1. The van der Waals surface area contributed by atoms with E-state index in [2.05, 4.69) is 37.7 Å². The number of pyridine rings is 1. The molecule has 1 saturated carbocycles. The second kappa shape index (κ2) is 7.15. The average molecular weight is 389 g/mol. The third kappa shape index (κ3) is 3.59. The second-order valence-corrected chi connectivity index (χ2v) is 7.15. The Hall–Kier alpha value is -2.68. The van der Waals surface area contributed by atoms with Crippen LogP contribution in [0.15, 0.2) is 29.2 Å². The van der Waals surface area contributed by atoms with Gasteiger partial charge in [0.15, 0.2) is 11.5 Å². The third-order valence-corrected chi connectivity index (χ3v) is 5.21. The molecule has 3 N–H and O–H groups in total. The molecule has 0 unspecified atom stereocenters. The highest BCUT2D eigenvalue weighted by Crippen LogP contribution is 2.43. The van der Waals surface area contributed by atoms with Crippen LogP contribution in [0.5, 0.6) is 0 Å². The van der Waals surface area contributed by atoms with E-state index >= 15 is 0 Å². The number of anilines is 3. The molecule has 1 aromatic carbocycles. The molecule has 0 bridgehead atoms. The van der Waals surface area contributed by atoms with Crippen LogP contribution < -0.4 is 10.6 Å². The molecule has 1 aliphatic rings. The first kappa shape index (κ1) is 17.7. The maximum Gasteiger partial charge on any atom is 0.295 e. The number of benzene rings is 1. The largest absolute Gasteiger partial charge is 0.353 e. The summed E-state index contributed by atoms with van der Waals surface area (Å²) in [6.45, 7) is 0. The first-order valence-corrected chi connectivity index (χ1v) is 9.65. The number of halogens is 2. The molecule has 0 atom stereocenters. The van der Waals surface area contributed by atoms with E-state index in [0.717, 1.165) is 10.6 Å². The molecule has 3 aromatic rings. The van der Waals surface area contributed by atoms with Gasteiger partial charge in [0.05, 0.1) is 11.4 Å². The number of thioether (sulfide) groups is 1. The summed E-state index contributed by atoms with van der Waals surface area (Å²) < 4.78 is 26.1. The van der Waals surface area contributed by atoms with Crippen LogP contribution in [0, 0.1) is 0 Å². The van der Waals surface area contributed by atoms with Crippen molar-refractivity contribution in [3.63, 3.8) is 0 Å². The van der Waals surface area contributed by atoms with Crippen molar-refractivity contribution in [1.82, 2.24) is 15.0 Å². The minimum absolute atomic E-state index is 0.111. The maximum atomic E-state index is 13.0. The highest BCUT2D eigenvalue weighted by Gasteiger charge is 2.24. The smallest absolute Gasteiger partial charge is 0.295 e. The molecule has 2 aromatic heterocycles. The van der Waals surface area contributed by atoms with E-state index < -0.39 is 12.2 Å². The average Bonchev–Trinajstić information content (AvgIpc) is 3.41. The van der Waals surface area contributed by atoms with Gasteiger partial charge in [-0.1, -0.05) is 6.07 Å². The van der Waals surface area contributed by atoms with Gasteiger partial charge in [-0.25, -0.2) is 18.7 Å². The number of imidazole rings is 1. The Morgan fingerprint density at radius 1 is 1.26 bits per heavy atom. The predicted molar refractivity (Wildman–Crippen MR) is 102 cm³/mol. The molecule has 27 heavy (non-hydrogen) atoms. The van der Waals surface area contributed by atoms with Crippen LogP contribution in [0.25, 0.3) is 11.2 Å². The minimum atomic E-state index is -2.74. The summed E-state index contributed by atoms with van der Waals surface area (Å²) in [5.41, 5.74) is 3.15. The molecule has 0 saturated heterocycles. The standard InChI is InChI=1S/C18H17F2N5OS/c1-27-13-6-10(9-2-3-9)4-5-11(13)22-12-7-14(21-8-26)23-17-15(12)24-18(25-17)16(19)20/h4-9,16H,2-3H2,1H3,(H3,21,22,23,24,25,26). The lowest BCUT2D eigenvalue weighted by molar-refractivity contribution is -0.105. The second-order valence-electron chi connectivity index (χ2n) is 6.30. The number of alkyl halides is 2. The Bertz CT molecular complexity index is 1000. The first-order valence-electron chi connectivity index (χ1n) is 8.43. The molecular weight excluding hydrogens is 372 g/mol. The maximum absolute atomic E-state index is 13.0. The van der Waals surface area contributed by atoms with E-state index in [1.54, 1.807) is 17.8 Å². The van der Waals surface area contributed by atoms with Gasteiger partial charge in [-0.05, 0) is 42.7 Å². The van der Waals surface area contributed by atoms with Crippen molar-refractivity contribution in [3.05, 3.63) is 35.7 Å². The SMILES string of the molecule is CSc1cc(C2CC2)ccc1Nc1cc(NC=O)nc2nc(C(F)F)[nH]c12. The van der Waals surface area contributed by atoms with Crippen LogP contribution in [0.3, 0.4) is 0 Å². The minimum Gasteiger partial charge on any atom is -0.353 e. The number of H-pyrrole nitrogens is 1. The summed E-state index contributed by atoms with van der Waals surface area (Å²) in [6, 6.07) is 7.82. The van der Waals surface area contributed by atoms with E-state index in [9.17, 15) is 13.6 Å². The Morgan fingerprint density at radius 3 is 2.74 bits per heavy atom. The number of hydrogen-bond acceptors (Lipinski definition) is 5. The molecule has 140 valence electrons. The van der Waals surface area contributed by atoms with Crippen molar-refractivity contribution in [1.29, 1.82) is 0 Å². The fourth-order valence-corrected chi connectivity index (χ4v) is 3.56. The highest BCUT2D eigenvalue weighted by atomic mass is 32.2. The Morgan fingerprint density at radius 2 is 2.07 bits per heavy atom. The van der Waals surface area contributed by atoms with Crippen LogP contribution >= 0.6 is 11.8 Å². The van der Waals surface area contributed by atoms with Gasteiger partial charge in [0.1, 0.15) is 11.3 Å². The highest BCUT2D eigenvalue weighted by molar-refractivity contribution is 7.98. The molecule has 0 spiro atoms. The quantitative estimate of drug-likeness (QED) is 0.399. The Balaban J connectivity index is 1.76. The van der Waals surface area contributed by atoms with Gasteiger partial charge in [0, 0.05) is 11.0 Å². The summed E-state index contributed by atoms with van der Waals surface area (Å²) >= 11 is 1.61. The monoisotopic (exact) mass is 389 g/mol. The van der Waals surface area contributed by atoms with E-state index in [1.807, 2.05) is 12.3 Å². The van der Waals surface area contributed by atoms with Crippen LogP contribution in [0.1, 0.15) is 36.6 Å². The molecule has 6 nitrogen and oxygen atoms in total. The lowest BCUT2D eigenvalue weighted by Gasteiger charge is -2.13. The van der Waals surface area contributed by atoms with Gasteiger partial charge in [0.25, 0.3) is 6.43 Å². The summed E-state index contributed by atoms with van der Waals surface area (Å²) in [4.78, 5) is 22.4. The topological polar surface area (TPSA) is 82.7 Å². The van der Waals surface area contributed by atoms with E-state index in [1.165, 1.54) is 18.4 Å². The Kier molecular flexibility index (Phi) is 4.69. The van der Waals surface area contributed by atoms with Crippen LogP contribution in [-0.4, -0.2) is 27.6 Å². The molecule has 1 amide bonds. The molecule has 2 heterocycles. The van der Waals surface area contributed by atoms with Crippen molar-refractivity contribution < 1.29 is 13.6 Å². The number of aromatic nitrogens is 3. The summed E-state index contributed by atoms with van der Waals surface area (Å²) in [7, 11) is 0. The number of carbonyl (C=O) groups is 1. The molecule has 1 fully saturated rings. The zero-order valence-corrected chi connectivity index (χ0v) is 15.2. The molecular formula is C18H17F2N5OS. The van der Waals surface area contributed by atoms with Crippen molar-refractivity contribution >= 4 is 46.5 Å².